The summed E-state index contributed by atoms with van der Waals surface area (Å²) >= 11 is 0. The predicted molar refractivity (Wildman–Crippen MR) is 57.9 cm³/mol. The SMILES string of the molecule is CC1(C)CC1c1nc(C2CNC(=O)C2)n[nH]1. The summed E-state index contributed by atoms with van der Waals surface area (Å²) in [5, 5.41) is 10.1. The highest BCUT2D eigenvalue weighted by atomic mass is 16.1. The van der Waals surface area contributed by atoms with Crippen LogP contribution >= 0.6 is 0 Å². The van der Waals surface area contributed by atoms with E-state index in [0.29, 0.717) is 24.3 Å². The summed E-state index contributed by atoms with van der Waals surface area (Å²) < 4.78 is 0. The van der Waals surface area contributed by atoms with E-state index in [9.17, 15) is 4.79 Å². The number of rotatable bonds is 2. The monoisotopic (exact) mass is 220 g/mol. The van der Waals surface area contributed by atoms with Gasteiger partial charge in [0.25, 0.3) is 0 Å². The van der Waals surface area contributed by atoms with Gasteiger partial charge < -0.3 is 5.32 Å². The fourth-order valence-electron chi connectivity index (χ4n) is 2.35. The quantitative estimate of drug-likeness (QED) is 0.778. The van der Waals surface area contributed by atoms with Crippen LogP contribution in [0.15, 0.2) is 0 Å². The molecule has 16 heavy (non-hydrogen) atoms. The lowest BCUT2D eigenvalue weighted by atomic mass is 10.1. The highest BCUT2D eigenvalue weighted by molar-refractivity contribution is 5.79. The zero-order valence-electron chi connectivity index (χ0n) is 9.58. The van der Waals surface area contributed by atoms with Crippen LogP contribution in [0.5, 0.6) is 0 Å². The van der Waals surface area contributed by atoms with Gasteiger partial charge in [0, 0.05) is 24.8 Å². The van der Waals surface area contributed by atoms with E-state index in [1.165, 1.54) is 6.42 Å². The van der Waals surface area contributed by atoms with E-state index >= 15 is 0 Å². The van der Waals surface area contributed by atoms with Crippen molar-refractivity contribution in [1.82, 2.24) is 20.5 Å². The van der Waals surface area contributed by atoms with Gasteiger partial charge in [-0.15, -0.1) is 0 Å². The Morgan fingerprint density at radius 2 is 2.19 bits per heavy atom. The Kier molecular flexibility index (Phi) is 1.87. The first kappa shape index (κ1) is 9.81. The molecule has 2 atom stereocenters. The fourth-order valence-corrected chi connectivity index (χ4v) is 2.35. The molecule has 1 amide bonds. The van der Waals surface area contributed by atoms with E-state index < -0.39 is 0 Å². The number of nitrogens with zero attached hydrogens (tertiary/aromatic N) is 2. The van der Waals surface area contributed by atoms with Gasteiger partial charge in [-0.1, -0.05) is 13.8 Å². The van der Waals surface area contributed by atoms with Crippen LogP contribution in [-0.4, -0.2) is 27.6 Å². The van der Waals surface area contributed by atoms with Gasteiger partial charge in [-0.05, 0) is 11.8 Å². The Bertz CT molecular complexity index is 437. The Morgan fingerprint density at radius 3 is 2.75 bits per heavy atom. The first-order valence-electron chi connectivity index (χ1n) is 5.75. The minimum absolute atomic E-state index is 0.100. The molecule has 0 aromatic carbocycles. The standard InChI is InChI=1S/C11H16N4O/c1-11(2)4-7(11)10-13-9(14-15-10)6-3-8(16)12-5-6/h6-7H,3-5H2,1-2H3,(H,12,16)(H,13,14,15). The van der Waals surface area contributed by atoms with Crippen molar-refractivity contribution < 1.29 is 4.79 Å². The summed E-state index contributed by atoms with van der Waals surface area (Å²) in [6, 6.07) is 0. The molecule has 5 nitrogen and oxygen atoms in total. The Morgan fingerprint density at radius 1 is 1.44 bits per heavy atom. The molecule has 1 saturated heterocycles. The third-order valence-corrected chi connectivity index (χ3v) is 3.71. The van der Waals surface area contributed by atoms with Crippen molar-refractivity contribution in [3.63, 3.8) is 0 Å². The first-order valence-corrected chi connectivity index (χ1v) is 5.75. The van der Waals surface area contributed by atoms with Crippen molar-refractivity contribution in [2.45, 2.75) is 38.5 Å². The lowest BCUT2D eigenvalue weighted by Crippen LogP contribution is -2.13. The summed E-state index contributed by atoms with van der Waals surface area (Å²) in [5.74, 6) is 2.54. The number of amides is 1. The molecule has 0 spiro atoms. The largest absolute Gasteiger partial charge is 0.355 e. The number of hydrogen-bond acceptors (Lipinski definition) is 3. The van der Waals surface area contributed by atoms with Gasteiger partial charge in [-0.3, -0.25) is 9.89 Å². The van der Waals surface area contributed by atoms with Gasteiger partial charge in [-0.2, -0.15) is 5.10 Å². The van der Waals surface area contributed by atoms with E-state index in [0.717, 1.165) is 11.6 Å². The van der Waals surface area contributed by atoms with Crippen LogP contribution < -0.4 is 5.32 Å². The summed E-state index contributed by atoms with van der Waals surface area (Å²) in [5.41, 5.74) is 0.362. The predicted octanol–water partition coefficient (Wildman–Crippen LogP) is 0.922. The maximum atomic E-state index is 11.1. The van der Waals surface area contributed by atoms with Crippen molar-refractivity contribution in [1.29, 1.82) is 0 Å². The number of nitrogens with one attached hydrogen (secondary N) is 2. The molecule has 1 aliphatic carbocycles. The normalized spacial score (nSPS) is 31.5. The molecule has 1 aromatic heterocycles. The van der Waals surface area contributed by atoms with E-state index in [-0.39, 0.29) is 11.8 Å². The lowest BCUT2D eigenvalue weighted by molar-refractivity contribution is -0.119. The number of H-pyrrole nitrogens is 1. The lowest BCUT2D eigenvalue weighted by Gasteiger charge is -1.99. The molecule has 1 aromatic rings. The summed E-state index contributed by atoms with van der Waals surface area (Å²) in [7, 11) is 0. The van der Waals surface area contributed by atoms with Crippen LogP contribution in [0.3, 0.4) is 0 Å². The number of carbonyl (C=O) groups is 1. The molecular weight excluding hydrogens is 204 g/mol. The molecule has 2 fully saturated rings. The van der Waals surface area contributed by atoms with Crippen LogP contribution in [0, 0.1) is 5.41 Å². The summed E-state index contributed by atoms with van der Waals surface area (Å²) in [6.07, 6.45) is 1.69. The molecule has 5 heteroatoms. The van der Waals surface area contributed by atoms with Gasteiger partial charge in [0.1, 0.15) is 5.82 Å². The molecule has 2 aliphatic rings. The zero-order chi connectivity index (χ0) is 11.3. The smallest absolute Gasteiger partial charge is 0.220 e. The third-order valence-electron chi connectivity index (χ3n) is 3.71. The highest BCUT2D eigenvalue weighted by Gasteiger charge is 2.48. The second-order valence-electron chi connectivity index (χ2n) is 5.53. The molecule has 2 N–H and O–H groups in total. The van der Waals surface area contributed by atoms with Crippen molar-refractivity contribution >= 4 is 5.91 Å². The van der Waals surface area contributed by atoms with Crippen molar-refractivity contribution in [3.05, 3.63) is 11.6 Å². The van der Waals surface area contributed by atoms with Gasteiger partial charge >= 0.3 is 0 Å². The summed E-state index contributed by atoms with van der Waals surface area (Å²) in [6.45, 7) is 5.14. The summed E-state index contributed by atoms with van der Waals surface area (Å²) in [4.78, 5) is 15.6. The molecule has 86 valence electrons. The molecular formula is C11H16N4O. The van der Waals surface area contributed by atoms with Crippen LogP contribution in [-0.2, 0) is 4.79 Å². The van der Waals surface area contributed by atoms with Crippen molar-refractivity contribution in [2.24, 2.45) is 5.41 Å². The number of aromatic amines is 1. The molecule has 2 unspecified atom stereocenters. The fraction of sp³-hybridized carbons (Fsp3) is 0.727. The molecule has 3 rings (SSSR count). The number of hydrogen-bond donors (Lipinski definition) is 2. The second-order valence-corrected chi connectivity index (χ2v) is 5.53. The molecule has 0 radical (unpaired) electrons. The minimum Gasteiger partial charge on any atom is -0.355 e. The van der Waals surface area contributed by atoms with Crippen LogP contribution in [0.25, 0.3) is 0 Å². The maximum absolute atomic E-state index is 11.1. The molecule has 1 aliphatic heterocycles. The topological polar surface area (TPSA) is 70.7 Å². The van der Waals surface area contributed by atoms with Gasteiger partial charge in [-0.25, -0.2) is 4.98 Å². The second kappa shape index (κ2) is 3.06. The zero-order valence-corrected chi connectivity index (χ0v) is 9.58. The maximum Gasteiger partial charge on any atom is 0.220 e. The average Bonchev–Trinajstić information content (AvgIpc) is 2.67. The van der Waals surface area contributed by atoms with E-state index in [1.807, 2.05) is 0 Å². The highest BCUT2D eigenvalue weighted by Crippen LogP contribution is 2.57. The molecule has 2 heterocycles. The van der Waals surface area contributed by atoms with Crippen LogP contribution in [0.1, 0.15) is 50.2 Å². The van der Waals surface area contributed by atoms with E-state index in [1.54, 1.807) is 0 Å². The minimum atomic E-state index is 0.100. The third kappa shape index (κ3) is 1.50. The average molecular weight is 220 g/mol. The van der Waals surface area contributed by atoms with E-state index in [4.69, 9.17) is 0 Å². The van der Waals surface area contributed by atoms with E-state index in [2.05, 4.69) is 34.3 Å². The Labute approximate surface area is 94.0 Å². The molecule has 0 bridgehead atoms. The number of carbonyl (C=O) groups excluding carboxylic acids is 1. The van der Waals surface area contributed by atoms with Crippen molar-refractivity contribution in [3.8, 4) is 0 Å². The first-order chi connectivity index (χ1) is 7.56. The number of aromatic nitrogens is 3. The van der Waals surface area contributed by atoms with Crippen LogP contribution in [0.2, 0.25) is 0 Å². The van der Waals surface area contributed by atoms with Gasteiger partial charge in [0.15, 0.2) is 5.82 Å². The van der Waals surface area contributed by atoms with Crippen molar-refractivity contribution in [2.75, 3.05) is 6.54 Å². The van der Waals surface area contributed by atoms with Crippen LogP contribution in [0.4, 0.5) is 0 Å². The molecule has 1 saturated carbocycles. The Balaban J connectivity index is 1.76. The van der Waals surface area contributed by atoms with Gasteiger partial charge in [0.05, 0.1) is 0 Å². The Hall–Kier alpha value is -1.39. The van der Waals surface area contributed by atoms with Gasteiger partial charge in [0.2, 0.25) is 5.91 Å².